The number of carbonyl (C=O) groups is 1. The average Bonchev–Trinajstić information content (AvgIpc) is 2.92. The third kappa shape index (κ3) is 3.16. The van der Waals surface area contributed by atoms with Gasteiger partial charge in [-0.15, -0.1) is 0 Å². The normalized spacial score (nSPS) is 28.4. The lowest BCUT2D eigenvalue weighted by molar-refractivity contribution is 0.137. The molecule has 0 aromatic carbocycles. The number of hydrogen-bond acceptors (Lipinski definition) is 2. The fourth-order valence-electron chi connectivity index (χ4n) is 3.24. The summed E-state index contributed by atoms with van der Waals surface area (Å²) in [5, 5.41) is 3.51. The molecular weight excluding hydrogens is 226 g/mol. The first-order chi connectivity index (χ1) is 8.72. The van der Waals surface area contributed by atoms with Crippen molar-refractivity contribution in [3.8, 4) is 0 Å². The highest BCUT2D eigenvalue weighted by Crippen LogP contribution is 2.23. The first-order valence-corrected chi connectivity index (χ1v) is 7.47. The van der Waals surface area contributed by atoms with E-state index in [4.69, 9.17) is 0 Å². The van der Waals surface area contributed by atoms with E-state index in [1.165, 1.54) is 25.7 Å². The number of amides is 2. The first kappa shape index (κ1) is 13.7. The number of nitrogens with zero attached hydrogens (tertiary/aromatic N) is 2. The summed E-state index contributed by atoms with van der Waals surface area (Å²) in [5.41, 5.74) is 0. The largest absolute Gasteiger partial charge is 0.325 e. The molecule has 4 heteroatoms. The summed E-state index contributed by atoms with van der Waals surface area (Å²) in [7, 11) is 1.99. The molecule has 0 aromatic rings. The predicted molar refractivity (Wildman–Crippen MR) is 73.7 cm³/mol. The molecule has 1 aliphatic carbocycles. The van der Waals surface area contributed by atoms with Crippen molar-refractivity contribution in [1.82, 2.24) is 15.1 Å². The zero-order chi connectivity index (χ0) is 13.0. The van der Waals surface area contributed by atoms with Crippen molar-refractivity contribution in [3.63, 3.8) is 0 Å². The molecule has 0 bridgehead atoms. The quantitative estimate of drug-likeness (QED) is 0.835. The van der Waals surface area contributed by atoms with Gasteiger partial charge in [-0.3, -0.25) is 0 Å². The van der Waals surface area contributed by atoms with Crippen molar-refractivity contribution in [1.29, 1.82) is 0 Å². The zero-order valence-electron chi connectivity index (χ0n) is 11.8. The van der Waals surface area contributed by atoms with Crippen LogP contribution in [0.4, 0.5) is 4.79 Å². The van der Waals surface area contributed by atoms with Crippen LogP contribution < -0.4 is 5.32 Å². The SMILES string of the molecule is CCNC1CCC(N(C)C(=O)N2CCCC2)CC1. The van der Waals surface area contributed by atoms with Crippen LogP contribution in [0.25, 0.3) is 0 Å². The molecule has 1 N–H and O–H groups in total. The van der Waals surface area contributed by atoms with Crippen molar-refractivity contribution >= 4 is 6.03 Å². The van der Waals surface area contributed by atoms with Gasteiger partial charge in [-0.1, -0.05) is 6.92 Å². The van der Waals surface area contributed by atoms with Gasteiger partial charge < -0.3 is 15.1 Å². The Morgan fingerprint density at radius 1 is 1.22 bits per heavy atom. The lowest BCUT2D eigenvalue weighted by Gasteiger charge is -2.36. The molecule has 1 heterocycles. The Balaban J connectivity index is 1.79. The van der Waals surface area contributed by atoms with E-state index in [2.05, 4.69) is 12.2 Å². The Morgan fingerprint density at radius 3 is 2.39 bits per heavy atom. The van der Waals surface area contributed by atoms with E-state index in [9.17, 15) is 4.79 Å². The molecule has 0 atom stereocenters. The Hall–Kier alpha value is -0.770. The maximum Gasteiger partial charge on any atom is 0.319 e. The molecule has 2 amide bonds. The first-order valence-electron chi connectivity index (χ1n) is 7.47. The van der Waals surface area contributed by atoms with Gasteiger partial charge in [0.05, 0.1) is 0 Å². The van der Waals surface area contributed by atoms with E-state index in [1.54, 1.807) is 0 Å². The second-order valence-corrected chi connectivity index (χ2v) is 5.65. The molecule has 0 aromatic heterocycles. The fraction of sp³-hybridized carbons (Fsp3) is 0.929. The van der Waals surface area contributed by atoms with Crippen LogP contribution >= 0.6 is 0 Å². The smallest absolute Gasteiger partial charge is 0.319 e. The minimum Gasteiger partial charge on any atom is -0.325 e. The van der Waals surface area contributed by atoms with Gasteiger partial charge in [0.1, 0.15) is 0 Å². The van der Waals surface area contributed by atoms with E-state index in [1.807, 2.05) is 16.8 Å². The molecular formula is C14H27N3O. The van der Waals surface area contributed by atoms with Crippen LogP contribution in [-0.4, -0.2) is 54.6 Å². The van der Waals surface area contributed by atoms with Crippen LogP contribution in [0.1, 0.15) is 45.4 Å². The van der Waals surface area contributed by atoms with Crippen molar-refractivity contribution in [2.24, 2.45) is 0 Å². The summed E-state index contributed by atoms with van der Waals surface area (Å²) in [6.45, 7) is 5.12. The van der Waals surface area contributed by atoms with Gasteiger partial charge in [0, 0.05) is 32.2 Å². The topological polar surface area (TPSA) is 35.6 Å². The second kappa shape index (κ2) is 6.41. The number of hydrogen-bond donors (Lipinski definition) is 1. The van der Waals surface area contributed by atoms with E-state index in [0.29, 0.717) is 12.1 Å². The summed E-state index contributed by atoms with van der Waals surface area (Å²) in [6, 6.07) is 1.37. The van der Waals surface area contributed by atoms with Gasteiger partial charge >= 0.3 is 6.03 Å². The Labute approximate surface area is 111 Å². The minimum atomic E-state index is 0.249. The lowest BCUT2D eigenvalue weighted by Crippen LogP contribution is -2.47. The fourth-order valence-corrected chi connectivity index (χ4v) is 3.24. The number of carbonyl (C=O) groups excluding carboxylic acids is 1. The maximum atomic E-state index is 12.3. The molecule has 0 unspecified atom stereocenters. The van der Waals surface area contributed by atoms with Gasteiger partial charge in [-0.25, -0.2) is 4.79 Å². The second-order valence-electron chi connectivity index (χ2n) is 5.65. The minimum absolute atomic E-state index is 0.249. The highest BCUT2D eigenvalue weighted by molar-refractivity contribution is 5.74. The molecule has 1 aliphatic heterocycles. The molecule has 0 spiro atoms. The van der Waals surface area contributed by atoms with Crippen molar-refractivity contribution < 1.29 is 4.79 Å². The van der Waals surface area contributed by atoms with Crippen LogP contribution in [0.15, 0.2) is 0 Å². The molecule has 2 rings (SSSR count). The van der Waals surface area contributed by atoms with Gasteiger partial charge in [0.2, 0.25) is 0 Å². The Bertz CT molecular complexity index is 268. The summed E-state index contributed by atoms with van der Waals surface area (Å²) in [6.07, 6.45) is 7.05. The van der Waals surface area contributed by atoms with Crippen LogP contribution in [-0.2, 0) is 0 Å². The standard InChI is InChI=1S/C14H27N3O/c1-3-15-12-6-8-13(9-7-12)16(2)14(18)17-10-4-5-11-17/h12-13,15H,3-11H2,1-2H3. The summed E-state index contributed by atoms with van der Waals surface area (Å²) < 4.78 is 0. The number of rotatable bonds is 3. The third-order valence-corrected chi connectivity index (χ3v) is 4.42. The van der Waals surface area contributed by atoms with Gasteiger partial charge in [-0.05, 0) is 45.1 Å². The van der Waals surface area contributed by atoms with Gasteiger partial charge in [-0.2, -0.15) is 0 Å². The molecule has 1 saturated carbocycles. The van der Waals surface area contributed by atoms with E-state index < -0.39 is 0 Å². The monoisotopic (exact) mass is 253 g/mol. The third-order valence-electron chi connectivity index (χ3n) is 4.42. The highest BCUT2D eigenvalue weighted by Gasteiger charge is 2.29. The van der Waals surface area contributed by atoms with Crippen LogP contribution in [0.3, 0.4) is 0 Å². The molecule has 0 radical (unpaired) electrons. The number of urea groups is 1. The summed E-state index contributed by atoms with van der Waals surface area (Å²) in [5.74, 6) is 0. The average molecular weight is 253 g/mol. The van der Waals surface area contributed by atoms with Crippen molar-refractivity contribution in [3.05, 3.63) is 0 Å². The van der Waals surface area contributed by atoms with Crippen molar-refractivity contribution in [2.75, 3.05) is 26.7 Å². The number of likely N-dealkylation sites (tertiary alicyclic amines) is 1. The number of nitrogens with one attached hydrogen (secondary N) is 1. The van der Waals surface area contributed by atoms with Gasteiger partial charge in [0.15, 0.2) is 0 Å². The van der Waals surface area contributed by atoms with Crippen LogP contribution in [0, 0.1) is 0 Å². The Morgan fingerprint density at radius 2 is 1.83 bits per heavy atom. The highest BCUT2D eigenvalue weighted by atomic mass is 16.2. The Kier molecular flexibility index (Phi) is 4.87. The molecule has 1 saturated heterocycles. The molecule has 2 fully saturated rings. The van der Waals surface area contributed by atoms with E-state index >= 15 is 0 Å². The summed E-state index contributed by atoms with van der Waals surface area (Å²) >= 11 is 0. The van der Waals surface area contributed by atoms with Crippen LogP contribution in [0.2, 0.25) is 0 Å². The molecule has 2 aliphatic rings. The molecule has 18 heavy (non-hydrogen) atoms. The molecule has 4 nitrogen and oxygen atoms in total. The lowest BCUT2D eigenvalue weighted by atomic mass is 9.90. The van der Waals surface area contributed by atoms with Gasteiger partial charge in [0.25, 0.3) is 0 Å². The van der Waals surface area contributed by atoms with Crippen molar-refractivity contribution in [2.45, 2.75) is 57.5 Å². The van der Waals surface area contributed by atoms with E-state index in [-0.39, 0.29) is 6.03 Å². The van der Waals surface area contributed by atoms with E-state index in [0.717, 1.165) is 32.5 Å². The molecule has 104 valence electrons. The zero-order valence-corrected chi connectivity index (χ0v) is 11.8. The summed E-state index contributed by atoms with van der Waals surface area (Å²) in [4.78, 5) is 16.3. The maximum absolute atomic E-state index is 12.3. The van der Waals surface area contributed by atoms with Crippen LogP contribution in [0.5, 0.6) is 0 Å². The predicted octanol–water partition coefficient (Wildman–Crippen LogP) is 2.05.